The van der Waals surface area contributed by atoms with Crippen LogP contribution < -0.4 is 14.8 Å². The smallest absolute Gasteiger partial charge is 0.242 e. The van der Waals surface area contributed by atoms with Gasteiger partial charge < -0.3 is 19.7 Å². The van der Waals surface area contributed by atoms with E-state index in [4.69, 9.17) is 32.7 Å². The Morgan fingerprint density at radius 2 is 1.57 bits per heavy atom. The maximum Gasteiger partial charge on any atom is 0.242 e. The highest BCUT2D eigenvalue weighted by molar-refractivity contribution is 6.42. The van der Waals surface area contributed by atoms with Crippen LogP contribution in [0.5, 0.6) is 11.5 Å². The molecule has 6 nitrogen and oxygen atoms in total. The number of rotatable bonds is 13. The van der Waals surface area contributed by atoms with Crippen molar-refractivity contribution in [2.45, 2.75) is 60.0 Å². The van der Waals surface area contributed by atoms with Crippen LogP contribution >= 0.6 is 23.2 Å². The Bertz CT molecular complexity index is 997. The summed E-state index contributed by atoms with van der Waals surface area (Å²) >= 11 is 12.2. The summed E-state index contributed by atoms with van der Waals surface area (Å²) in [5.74, 6) is 1.33. The predicted molar refractivity (Wildman–Crippen MR) is 141 cm³/mol. The Balaban J connectivity index is 2.19. The molecule has 0 aliphatic carbocycles. The largest absolute Gasteiger partial charge is 0.490 e. The van der Waals surface area contributed by atoms with Crippen LogP contribution in [-0.2, 0) is 22.6 Å². The number of ether oxygens (including phenoxy) is 2. The summed E-state index contributed by atoms with van der Waals surface area (Å²) in [6.07, 6.45) is 0.742. The van der Waals surface area contributed by atoms with Gasteiger partial charge in [0.25, 0.3) is 0 Å². The van der Waals surface area contributed by atoms with Crippen molar-refractivity contribution >= 4 is 35.0 Å². The summed E-state index contributed by atoms with van der Waals surface area (Å²) in [5, 5.41) is 3.78. The highest BCUT2D eigenvalue weighted by atomic mass is 35.5. The van der Waals surface area contributed by atoms with E-state index in [0.29, 0.717) is 53.6 Å². The molecule has 8 heteroatoms. The van der Waals surface area contributed by atoms with Gasteiger partial charge in [0.15, 0.2) is 11.5 Å². The molecule has 0 saturated heterocycles. The van der Waals surface area contributed by atoms with Gasteiger partial charge in [0.05, 0.1) is 23.3 Å². The van der Waals surface area contributed by atoms with Gasteiger partial charge in [-0.2, -0.15) is 0 Å². The number of carbonyl (C=O) groups excluding carboxylic acids is 2. The van der Waals surface area contributed by atoms with Gasteiger partial charge in [0, 0.05) is 19.5 Å². The van der Waals surface area contributed by atoms with E-state index in [-0.39, 0.29) is 24.8 Å². The molecule has 0 heterocycles. The standard InChI is InChI=1S/C27H36Cl2N2O4/c1-6-34-24-12-9-20(15-25(24)35-7-2)10-13-26(32)31(19(5)27(33)30-16-18(3)4)17-21-8-11-22(28)23(29)14-21/h8-9,11-12,14-15,18-19H,6-7,10,13,16-17H2,1-5H3,(H,30,33)/t19-/m0/s1. The fourth-order valence-corrected chi connectivity index (χ4v) is 3.84. The lowest BCUT2D eigenvalue weighted by atomic mass is 10.1. The highest BCUT2D eigenvalue weighted by Gasteiger charge is 2.26. The Hall–Kier alpha value is -2.44. The minimum absolute atomic E-state index is 0.130. The van der Waals surface area contributed by atoms with E-state index in [1.165, 1.54) is 0 Å². The van der Waals surface area contributed by atoms with Crippen LogP contribution in [0.15, 0.2) is 36.4 Å². The Morgan fingerprint density at radius 1 is 0.914 bits per heavy atom. The van der Waals surface area contributed by atoms with E-state index in [1.807, 2.05) is 52.0 Å². The zero-order valence-corrected chi connectivity index (χ0v) is 22.7. The Morgan fingerprint density at radius 3 is 2.20 bits per heavy atom. The van der Waals surface area contributed by atoms with Crippen molar-refractivity contribution in [3.05, 3.63) is 57.6 Å². The third-order valence-corrected chi connectivity index (χ3v) is 6.16. The average Bonchev–Trinajstić information content (AvgIpc) is 2.82. The summed E-state index contributed by atoms with van der Waals surface area (Å²) < 4.78 is 11.3. The van der Waals surface area contributed by atoms with Crippen molar-refractivity contribution in [3.8, 4) is 11.5 Å². The van der Waals surface area contributed by atoms with Crippen LogP contribution in [0.4, 0.5) is 0 Å². The van der Waals surface area contributed by atoms with Crippen molar-refractivity contribution in [2.75, 3.05) is 19.8 Å². The number of aryl methyl sites for hydroxylation is 1. The normalized spacial score (nSPS) is 11.8. The third kappa shape index (κ3) is 8.93. The van der Waals surface area contributed by atoms with E-state index >= 15 is 0 Å². The molecule has 2 amide bonds. The minimum Gasteiger partial charge on any atom is -0.490 e. The first kappa shape index (κ1) is 28.8. The molecule has 0 fully saturated rings. The second-order valence-electron chi connectivity index (χ2n) is 8.73. The third-order valence-electron chi connectivity index (χ3n) is 5.42. The zero-order valence-electron chi connectivity index (χ0n) is 21.2. The second kappa shape index (κ2) is 14.2. The van der Waals surface area contributed by atoms with Gasteiger partial charge in [0.2, 0.25) is 11.8 Å². The lowest BCUT2D eigenvalue weighted by molar-refractivity contribution is -0.140. The molecule has 0 bridgehead atoms. The van der Waals surface area contributed by atoms with Crippen molar-refractivity contribution < 1.29 is 19.1 Å². The minimum atomic E-state index is -0.644. The fraction of sp³-hybridized carbons (Fsp3) is 0.481. The predicted octanol–water partition coefficient (Wildman–Crippen LogP) is 5.91. The molecule has 0 aliphatic heterocycles. The van der Waals surface area contributed by atoms with E-state index in [9.17, 15) is 9.59 Å². The molecule has 35 heavy (non-hydrogen) atoms. The molecule has 2 rings (SSSR count). The van der Waals surface area contributed by atoms with Gasteiger partial charge >= 0.3 is 0 Å². The number of nitrogens with zero attached hydrogens (tertiary/aromatic N) is 1. The quantitative estimate of drug-likeness (QED) is 0.354. The highest BCUT2D eigenvalue weighted by Crippen LogP contribution is 2.29. The van der Waals surface area contributed by atoms with Crippen molar-refractivity contribution in [1.82, 2.24) is 10.2 Å². The summed E-state index contributed by atoms with van der Waals surface area (Å²) in [5.41, 5.74) is 1.76. The molecular weight excluding hydrogens is 487 g/mol. The first-order valence-electron chi connectivity index (χ1n) is 12.1. The van der Waals surface area contributed by atoms with Crippen molar-refractivity contribution in [2.24, 2.45) is 5.92 Å². The first-order chi connectivity index (χ1) is 16.7. The van der Waals surface area contributed by atoms with Gasteiger partial charge in [0.1, 0.15) is 6.04 Å². The SMILES string of the molecule is CCOc1ccc(CCC(=O)N(Cc2ccc(Cl)c(Cl)c2)[C@@H](C)C(=O)NCC(C)C)cc1OCC. The van der Waals surface area contributed by atoms with E-state index in [0.717, 1.165) is 11.1 Å². The van der Waals surface area contributed by atoms with Crippen LogP contribution in [0, 0.1) is 5.92 Å². The molecule has 2 aromatic rings. The maximum absolute atomic E-state index is 13.4. The van der Waals surface area contributed by atoms with Crippen molar-refractivity contribution in [3.63, 3.8) is 0 Å². The molecule has 1 N–H and O–H groups in total. The number of halogens is 2. The molecule has 0 spiro atoms. The fourth-order valence-electron chi connectivity index (χ4n) is 3.52. The molecule has 0 saturated carbocycles. The molecule has 0 radical (unpaired) electrons. The monoisotopic (exact) mass is 522 g/mol. The number of hydrogen-bond acceptors (Lipinski definition) is 4. The number of amides is 2. The van der Waals surface area contributed by atoms with Gasteiger partial charge in [-0.25, -0.2) is 0 Å². The van der Waals surface area contributed by atoms with E-state index < -0.39 is 6.04 Å². The van der Waals surface area contributed by atoms with Gasteiger partial charge in [-0.3, -0.25) is 9.59 Å². The summed E-state index contributed by atoms with van der Waals surface area (Å²) in [4.78, 5) is 27.8. The van der Waals surface area contributed by atoms with Gasteiger partial charge in [-0.05, 0) is 68.5 Å². The number of nitrogens with one attached hydrogen (secondary N) is 1. The second-order valence-corrected chi connectivity index (χ2v) is 9.55. The average molecular weight is 524 g/mol. The molecule has 0 unspecified atom stereocenters. The van der Waals surface area contributed by atoms with Crippen LogP contribution in [0.3, 0.4) is 0 Å². The first-order valence-corrected chi connectivity index (χ1v) is 12.8. The lowest BCUT2D eigenvalue weighted by Gasteiger charge is -2.29. The van der Waals surface area contributed by atoms with E-state index in [1.54, 1.807) is 24.0 Å². The van der Waals surface area contributed by atoms with Crippen LogP contribution in [0.2, 0.25) is 10.0 Å². The van der Waals surface area contributed by atoms with Crippen LogP contribution in [0.1, 0.15) is 52.2 Å². The van der Waals surface area contributed by atoms with Crippen molar-refractivity contribution in [1.29, 1.82) is 0 Å². The Kier molecular flexibility index (Phi) is 11.7. The molecular formula is C27H36Cl2N2O4. The summed E-state index contributed by atoms with van der Waals surface area (Å²) in [6.45, 7) is 11.5. The lowest BCUT2D eigenvalue weighted by Crippen LogP contribution is -2.48. The zero-order chi connectivity index (χ0) is 26.0. The Labute approximate surface area is 218 Å². The molecule has 0 aliphatic rings. The topological polar surface area (TPSA) is 67.9 Å². The van der Waals surface area contributed by atoms with E-state index in [2.05, 4.69) is 5.32 Å². The summed E-state index contributed by atoms with van der Waals surface area (Å²) in [7, 11) is 0. The molecule has 0 aromatic heterocycles. The number of benzene rings is 2. The van der Waals surface area contributed by atoms with Crippen LogP contribution in [0.25, 0.3) is 0 Å². The van der Waals surface area contributed by atoms with Gasteiger partial charge in [-0.1, -0.05) is 49.2 Å². The number of hydrogen-bond donors (Lipinski definition) is 1. The molecule has 1 atom stereocenters. The van der Waals surface area contributed by atoms with Crippen LogP contribution in [-0.4, -0.2) is 42.5 Å². The molecule has 2 aromatic carbocycles. The number of carbonyl (C=O) groups is 2. The summed E-state index contributed by atoms with van der Waals surface area (Å²) in [6, 6.07) is 10.3. The molecule has 192 valence electrons. The van der Waals surface area contributed by atoms with Gasteiger partial charge in [-0.15, -0.1) is 0 Å². The maximum atomic E-state index is 13.4.